The second-order valence-electron chi connectivity index (χ2n) is 6.83. The van der Waals surface area contributed by atoms with Crippen molar-refractivity contribution in [2.24, 2.45) is 4.99 Å². The first-order valence-electron chi connectivity index (χ1n) is 7.81. The van der Waals surface area contributed by atoms with Gasteiger partial charge in [0.05, 0.1) is 0 Å². The average molecular weight is 383 g/mol. The Morgan fingerprint density at radius 3 is 2.42 bits per heavy atom. The van der Waals surface area contributed by atoms with E-state index >= 15 is 0 Å². The molecule has 1 N–H and O–H groups in total. The van der Waals surface area contributed by atoms with Crippen LogP contribution in [-0.4, -0.2) is 11.7 Å². The summed E-state index contributed by atoms with van der Waals surface area (Å²) in [5.41, 5.74) is 3.62. The minimum Gasteiger partial charge on any atom is -0.305 e. The zero-order valence-corrected chi connectivity index (χ0v) is 15.5. The Balaban J connectivity index is 1.89. The molecule has 3 nitrogen and oxygen atoms in total. The third-order valence-corrected chi connectivity index (χ3v) is 4.37. The van der Waals surface area contributed by atoms with Gasteiger partial charge in [0.2, 0.25) is 0 Å². The second kappa shape index (κ2) is 6.36. The number of rotatable bonds is 2. The van der Waals surface area contributed by atoms with E-state index in [9.17, 15) is 4.79 Å². The molecule has 4 heteroatoms. The quantitative estimate of drug-likeness (QED) is 0.753. The van der Waals surface area contributed by atoms with Gasteiger partial charge in [-0.1, -0.05) is 73.1 Å². The highest BCUT2D eigenvalue weighted by Gasteiger charge is 2.21. The first-order valence-corrected chi connectivity index (χ1v) is 8.60. The topological polar surface area (TPSA) is 41.5 Å². The van der Waals surface area contributed by atoms with E-state index < -0.39 is 0 Å². The lowest BCUT2D eigenvalue weighted by atomic mass is 9.86. The largest absolute Gasteiger partial charge is 0.305 e. The second-order valence-corrected chi connectivity index (χ2v) is 7.74. The van der Waals surface area contributed by atoms with E-state index in [-0.39, 0.29) is 11.3 Å². The van der Waals surface area contributed by atoms with Gasteiger partial charge in [0.15, 0.2) is 0 Å². The minimum absolute atomic E-state index is 0.102. The molecule has 0 saturated carbocycles. The summed E-state index contributed by atoms with van der Waals surface area (Å²) in [4.78, 5) is 16.6. The molecule has 0 fully saturated rings. The number of aliphatic imine (C=N–C) groups is 1. The van der Waals surface area contributed by atoms with Gasteiger partial charge in [0.1, 0.15) is 11.5 Å². The summed E-state index contributed by atoms with van der Waals surface area (Å²) in [5.74, 6) is 0.423. The Morgan fingerprint density at radius 1 is 1.08 bits per heavy atom. The van der Waals surface area contributed by atoms with Gasteiger partial charge in [0.25, 0.3) is 5.91 Å². The van der Waals surface area contributed by atoms with Crippen molar-refractivity contribution in [1.29, 1.82) is 0 Å². The van der Waals surface area contributed by atoms with Crippen molar-refractivity contribution in [3.05, 3.63) is 75.4 Å². The lowest BCUT2D eigenvalue weighted by molar-refractivity contribution is -0.115. The molecule has 0 spiro atoms. The van der Waals surface area contributed by atoms with Crippen LogP contribution in [0.15, 0.2) is 63.7 Å². The number of nitrogens with one attached hydrogen (secondary N) is 1. The predicted molar refractivity (Wildman–Crippen MR) is 102 cm³/mol. The summed E-state index contributed by atoms with van der Waals surface area (Å²) in [6.45, 7) is 6.53. The normalized spacial score (nSPS) is 16.2. The maximum Gasteiger partial charge on any atom is 0.275 e. The minimum atomic E-state index is -0.176. The maximum atomic E-state index is 12.2. The van der Waals surface area contributed by atoms with Gasteiger partial charge in [-0.15, -0.1) is 0 Å². The Labute approximate surface area is 150 Å². The Morgan fingerprint density at radius 2 is 1.79 bits per heavy atom. The standard InChI is InChI=1S/C20H19BrN2O/c1-20(2,3)15-9-7-14(8-10-15)18-22-17(19(24)23-18)12-13-5-4-6-16(21)11-13/h4-12H,1-3H3,(H,22,23,24)/b17-12+. The predicted octanol–water partition coefficient (Wildman–Crippen LogP) is 4.66. The first-order chi connectivity index (χ1) is 11.3. The van der Waals surface area contributed by atoms with Crippen molar-refractivity contribution in [1.82, 2.24) is 5.32 Å². The highest BCUT2D eigenvalue weighted by molar-refractivity contribution is 9.10. The number of nitrogens with zero attached hydrogens (tertiary/aromatic N) is 1. The molecule has 1 amide bonds. The summed E-state index contributed by atoms with van der Waals surface area (Å²) >= 11 is 3.43. The molecule has 2 aromatic rings. The van der Waals surface area contributed by atoms with E-state index in [2.05, 4.69) is 59.1 Å². The van der Waals surface area contributed by atoms with Gasteiger partial charge in [-0.3, -0.25) is 4.79 Å². The summed E-state index contributed by atoms with van der Waals surface area (Å²) < 4.78 is 0.970. The van der Waals surface area contributed by atoms with Crippen LogP contribution >= 0.6 is 15.9 Å². The van der Waals surface area contributed by atoms with Crippen LogP contribution in [0.2, 0.25) is 0 Å². The fourth-order valence-corrected chi connectivity index (χ4v) is 2.90. The number of hydrogen-bond acceptors (Lipinski definition) is 2. The van der Waals surface area contributed by atoms with Crippen molar-refractivity contribution in [2.45, 2.75) is 26.2 Å². The number of carbonyl (C=O) groups excluding carboxylic acids is 1. The molecule has 0 radical (unpaired) electrons. The molecule has 1 aliphatic heterocycles. The molecule has 122 valence electrons. The zero-order valence-electron chi connectivity index (χ0n) is 13.9. The molecule has 24 heavy (non-hydrogen) atoms. The van der Waals surface area contributed by atoms with Gasteiger partial charge in [-0.05, 0) is 34.8 Å². The maximum absolute atomic E-state index is 12.2. The van der Waals surface area contributed by atoms with Crippen LogP contribution in [0.4, 0.5) is 0 Å². The molecule has 0 aliphatic carbocycles. The van der Waals surface area contributed by atoms with Crippen LogP contribution in [0.25, 0.3) is 6.08 Å². The van der Waals surface area contributed by atoms with Crippen molar-refractivity contribution >= 4 is 33.7 Å². The first kappa shape index (κ1) is 16.7. The molecule has 0 saturated heterocycles. The Hall–Kier alpha value is -2.20. The van der Waals surface area contributed by atoms with Crippen molar-refractivity contribution in [3.63, 3.8) is 0 Å². The van der Waals surface area contributed by atoms with Crippen LogP contribution in [0.3, 0.4) is 0 Å². The third-order valence-electron chi connectivity index (χ3n) is 3.87. The van der Waals surface area contributed by atoms with E-state index in [0.717, 1.165) is 15.6 Å². The van der Waals surface area contributed by atoms with Crippen LogP contribution in [0, 0.1) is 0 Å². The van der Waals surface area contributed by atoms with Gasteiger partial charge < -0.3 is 5.32 Å². The lowest BCUT2D eigenvalue weighted by Crippen LogP contribution is -2.24. The number of carbonyl (C=O) groups is 1. The summed E-state index contributed by atoms with van der Waals surface area (Å²) in [7, 11) is 0. The van der Waals surface area contributed by atoms with Crippen molar-refractivity contribution in [2.75, 3.05) is 0 Å². The van der Waals surface area contributed by atoms with Crippen molar-refractivity contribution in [3.8, 4) is 0 Å². The van der Waals surface area contributed by atoms with E-state index in [1.165, 1.54) is 5.56 Å². The molecule has 0 atom stereocenters. The molecule has 3 rings (SSSR count). The molecular weight excluding hydrogens is 364 g/mol. The fraction of sp³-hybridized carbons (Fsp3) is 0.200. The fourth-order valence-electron chi connectivity index (χ4n) is 2.49. The van der Waals surface area contributed by atoms with Gasteiger partial charge in [-0.25, -0.2) is 4.99 Å². The highest BCUT2D eigenvalue weighted by atomic mass is 79.9. The van der Waals surface area contributed by atoms with Gasteiger partial charge in [-0.2, -0.15) is 0 Å². The Bertz CT molecular complexity index is 843. The van der Waals surface area contributed by atoms with Crippen LogP contribution < -0.4 is 5.32 Å². The highest BCUT2D eigenvalue weighted by Crippen LogP contribution is 2.23. The van der Waals surface area contributed by atoms with Crippen LogP contribution in [-0.2, 0) is 10.2 Å². The van der Waals surface area contributed by atoms with Gasteiger partial charge >= 0.3 is 0 Å². The number of halogens is 1. The summed E-state index contributed by atoms with van der Waals surface area (Å²) in [6, 6.07) is 15.9. The monoisotopic (exact) mass is 382 g/mol. The molecule has 0 bridgehead atoms. The van der Waals surface area contributed by atoms with E-state index in [0.29, 0.717) is 11.5 Å². The van der Waals surface area contributed by atoms with E-state index in [1.807, 2.05) is 36.4 Å². The number of benzene rings is 2. The van der Waals surface area contributed by atoms with Crippen LogP contribution in [0.5, 0.6) is 0 Å². The molecule has 1 aliphatic rings. The molecule has 2 aromatic carbocycles. The summed E-state index contributed by atoms with van der Waals surface area (Å²) in [6.07, 6.45) is 1.79. The van der Waals surface area contributed by atoms with Crippen LogP contribution in [0.1, 0.15) is 37.5 Å². The summed E-state index contributed by atoms with van der Waals surface area (Å²) in [5, 5.41) is 2.84. The molecular formula is C20H19BrN2O. The smallest absolute Gasteiger partial charge is 0.275 e. The average Bonchev–Trinajstić information content (AvgIpc) is 2.88. The van der Waals surface area contributed by atoms with Crippen molar-refractivity contribution < 1.29 is 4.79 Å². The zero-order chi connectivity index (χ0) is 17.3. The number of hydrogen-bond donors (Lipinski definition) is 1. The van der Waals surface area contributed by atoms with E-state index in [1.54, 1.807) is 6.08 Å². The SMILES string of the molecule is CC(C)(C)c1ccc(C2=N/C(=C/c3cccc(Br)c3)C(=O)N2)cc1. The molecule has 1 heterocycles. The van der Waals surface area contributed by atoms with Gasteiger partial charge in [0, 0.05) is 10.0 Å². The molecule has 0 aromatic heterocycles. The number of amidine groups is 1. The molecule has 0 unspecified atom stereocenters. The van der Waals surface area contributed by atoms with E-state index in [4.69, 9.17) is 0 Å². The third kappa shape index (κ3) is 3.65. The lowest BCUT2D eigenvalue weighted by Gasteiger charge is -2.19. The number of amides is 1. The Kier molecular flexibility index (Phi) is 4.41.